The van der Waals surface area contributed by atoms with E-state index in [9.17, 15) is 0 Å². The monoisotopic (exact) mass is 316 g/mol. The van der Waals surface area contributed by atoms with E-state index in [1.807, 2.05) is 24.3 Å². The van der Waals surface area contributed by atoms with Crippen LogP contribution < -0.4 is 20.1 Å². The second kappa shape index (κ2) is 7.10. The molecule has 23 heavy (non-hydrogen) atoms. The summed E-state index contributed by atoms with van der Waals surface area (Å²) in [6.07, 6.45) is 8.20. The van der Waals surface area contributed by atoms with Gasteiger partial charge in [-0.2, -0.15) is 0 Å². The molecule has 2 N–H and O–H groups in total. The lowest BCUT2D eigenvalue weighted by Gasteiger charge is -2.34. The summed E-state index contributed by atoms with van der Waals surface area (Å²) in [6.45, 7) is 2.72. The Kier molecular flexibility index (Phi) is 4.72. The highest BCUT2D eigenvalue weighted by molar-refractivity contribution is 5.40. The number of para-hydroxylation sites is 2. The van der Waals surface area contributed by atoms with E-state index < -0.39 is 0 Å². The van der Waals surface area contributed by atoms with E-state index in [4.69, 9.17) is 9.47 Å². The first-order chi connectivity index (χ1) is 11.4. The lowest BCUT2D eigenvalue weighted by molar-refractivity contribution is 0.0857. The van der Waals surface area contributed by atoms with Crippen molar-refractivity contribution in [3.8, 4) is 11.5 Å². The molecule has 0 bridgehead atoms. The quantitative estimate of drug-likeness (QED) is 0.896. The van der Waals surface area contributed by atoms with Gasteiger partial charge in [0.25, 0.3) is 0 Å². The van der Waals surface area contributed by atoms with E-state index in [0.717, 1.165) is 24.0 Å². The van der Waals surface area contributed by atoms with E-state index in [2.05, 4.69) is 10.6 Å². The van der Waals surface area contributed by atoms with Gasteiger partial charge in [-0.3, -0.25) is 0 Å². The molecule has 4 atom stereocenters. The summed E-state index contributed by atoms with van der Waals surface area (Å²) in [4.78, 5) is 0. The van der Waals surface area contributed by atoms with Crippen LogP contribution in [0.5, 0.6) is 11.5 Å². The number of nitrogens with one attached hydrogen (secondary N) is 2. The molecule has 126 valence electrons. The molecule has 1 aromatic carbocycles. The van der Waals surface area contributed by atoms with Gasteiger partial charge in [0.05, 0.1) is 0 Å². The zero-order chi connectivity index (χ0) is 15.5. The summed E-state index contributed by atoms with van der Waals surface area (Å²) in [6, 6.07) is 9.30. The van der Waals surface area contributed by atoms with Crippen LogP contribution in [0.25, 0.3) is 0 Å². The van der Waals surface area contributed by atoms with Crippen molar-refractivity contribution in [1.82, 2.24) is 10.6 Å². The van der Waals surface area contributed by atoms with Crippen molar-refractivity contribution in [3.05, 3.63) is 24.3 Å². The number of ether oxygens (including phenoxy) is 2. The number of benzene rings is 1. The van der Waals surface area contributed by atoms with Crippen LogP contribution in [0.3, 0.4) is 0 Å². The topological polar surface area (TPSA) is 42.5 Å². The molecule has 2 fully saturated rings. The van der Waals surface area contributed by atoms with Crippen LogP contribution in [0, 0.1) is 5.92 Å². The van der Waals surface area contributed by atoms with Crippen molar-refractivity contribution >= 4 is 0 Å². The summed E-state index contributed by atoms with van der Waals surface area (Å²) in [7, 11) is 0. The Labute approximate surface area is 138 Å². The molecule has 4 heteroatoms. The second-order valence-corrected chi connectivity index (χ2v) is 7.16. The minimum absolute atomic E-state index is 0.116. The van der Waals surface area contributed by atoms with E-state index in [1.165, 1.54) is 45.1 Å². The maximum absolute atomic E-state index is 6.07. The third kappa shape index (κ3) is 3.48. The molecular weight excluding hydrogens is 288 g/mol. The van der Waals surface area contributed by atoms with Crippen molar-refractivity contribution in [2.75, 3.05) is 19.7 Å². The van der Waals surface area contributed by atoms with Gasteiger partial charge in [-0.05, 0) is 50.3 Å². The molecule has 3 aliphatic rings. The maximum atomic E-state index is 6.07. The Hall–Kier alpha value is -1.26. The summed E-state index contributed by atoms with van der Waals surface area (Å²) in [5.41, 5.74) is 0. The normalized spacial score (nSPS) is 33.6. The standard InChI is InChI=1S/C19H28N2O2/c1-2-10-19-18(9-1)22-13-14(23-19)12-21-17-8-5-6-15(17)16-7-3-4-11-20-16/h1-2,9-10,14-17,20-21H,3-8,11-13H2. The molecule has 4 rings (SSSR count). The predicted octanol–water partition coefficient (Wildman–Crippen LogP) is 2.73. The van der Waals surface area contributed by atoms with Gasteiger partial charge in [-0.25, -0.2) is 0 Å². The number of rotatable bonds is 4. The SMILES string of the molecule is c1ccc2c(c1)OCC(CNC1CCCC1C1CCCCN1)O2. The van der Waals surface area contributed by atoms with Crippen molar-refractivity contribution in [1.29, 1.82) is 0 Å². The largest absolute Gasteiger partial charge is 0.486 e. The Balaban J connectivity index is 1.30. The fraction of sp³-hybridized carbons (Fsp3) is 0.684. The zero-order valence-electron chi connectivity index (χ0n) is 13.8. The summed E-state index contributed by atoms with van der Waals surface area (Å²) >= 11 is 0. The molecular formula is C19H28N2O2. The number of fused-ring (bicyclic) bond motifs is 1. The Bertz CT molecular complexity index is 516. The molecule has 0 aromatic heterocycles. The van der Waals surface area contributed by atoms with Gasteiger partial charge < -0.3 is 20.1 Å². The first kappa shape index (κ1) is 15.3. The highest BCUT2D eigenvalue weighted by Crippen LogP contribution is 2.33. The smallest absolute Gasteiger partial charge is 0.161 e. The van der Waals surface area contributed by atoms with Gasteiger partial charge in [0.2, 0.25) is 0 Å². The van der Waals surface area contributed by atoms with E-state index in [0.29, 0.717) is 18.7 Å². The van der Waals surface area contributed by atoms with E-state index in [1.54, 1.807) is 0 Å². The van der Waals surface area contributed by atoms with Crippen molar-refractivity contribution in [3.63, 3.8) is 0 Å². The average Bonchev–Trinajstić information content (AvgIpc) is 3.09. The van der Waals surface area contributed by atoms with Crippen LogP contribution in [-0.4, -0.2) is 37.9 Å². The van der Waals surface area contributed by atoms with Crippen molar-refractivity contribution in [2.24, 2.45) is 5.92 Å². The number of piperidine rings is 1. The Morgan fingerprint density at radius 3 is 2.83 bits per heavy atom. The molecule has 2 aliphatic heterocycles. The van der Waals surface area contributed by atoms with Crippen LogP contribution in [0.15, 0.2) is 24.3 Å². The fourth-order valence-electron chi connectivity index (χ4n) is 4.41. The third-order valence-corrected chi connectivity index (χ3v) is 5.61. The van der Waals surface area contributed by atoms with Crippen LogP contribution in [0.2, 0.25) is 0 Å². The zero-order valence-corrected chi connectivity index (χ0v) is 13.8. The first-order valence-corrected chi connectivity index (χ1v) is 9.25. The Morgan fingerprint density at radius 2 is 1.96 bits per heavy atom. The third-order valence-electron chi connectivity index (χ3n) is 5.61. The van der Waals surface area contributed by atoms with E-state index in [-0.39, 0.29) is 6.10 Å². The van der Waals surface area contributed by atoms with Gasteiger partial charge in [0, 0.05) is 18.6 Å². The van der Waals surface area contributed by atoms with Crippen molar-refractivity contribution in [2.45, 2.75) is 56.7 Å². The van der Waals surface area contributed by atoms with Gasteiger partial charge in [0.15, 0.2) is 11.5 Å². The van der Waals surface area contributed by atoms with Crippen LogP contribution in [-0.2, 0) is 0 Å². The molecule has 1 saturated heterocycles. The van der Waals surface area contributed by atoms with Gasteiger partial charge in [-0.1, -0.05) is 25.0 Å². The summed E-state index contributed by atoms with van der Waals surface area (Å²) in [5.74, 6) is 2.53. The van der Waals surface area contributed by atoms with Crippen LogP contribution in [0.4, 0.5) is 0 Å². The fourth-order valence-corrected chi connectivity index (χ4v) is 4.41. The number of hydrogen-bond acceptors (Lipinski definition) is 4. The first-order valence-electron chi connectivity index (χ1n) is 9.25. The van der Waals surface area contributed by atoms with E-state index >= 15 is 0 Å². The minimum atomic E-state index is 0.116. The Morgan fingerprint density at radius 1 is 1.04 bits per heavy atom. The lowest BCUT2D eigenvalue weighted by atomic mass is 9.88. The predicted molar refractivity (Wildman–Crippen MR) is 91.1 cm³/mol. The highest BCUT2D eigenvalue weighted by atomic mass is 16.6. The van der Waals surface area contributed by atoms with Crippen LogP contribution in [0.1, 0.15) is 38.5 Å². The van der Waals surface area contributed by atoms with Crippen molar-refractivity contribution < 1.29 is 9.47 Å². The second-order valence-electron chi connectivity index (χ2n) is 7.16. The summed E-state index contributed by atoms with van der Waals surface area (Å²) < 4.78 is 11.9. The highest BCUT2D eigenvalue weighted by Gasteiger charge is 2.34. The summed E-state index contributed by atoms with van der Waals surface area (Å²) in [5, 5.41) is 7.53. The average molecular weight is 316 g/mol. The van der Waals surface area contributed by atoms with Gasteiger partial charge in [-0.15, -0.1) is 0 Å². The lowest BCUT2D eigenvalue weighted by Crippen LogP contribution is -2.49. The maximum Gasteiger partial charge on any atom is 0.161 e. The van der Waals surface area contributed by atoms with Gasteiger partial charge >= 0.3 is 0 Å². The molecule has 4 unspecified atom stereocenters. The molecule has 1 aliphatic carbocycles. The molecule has 0 spiro atoms. The molecule has 0 amide bonds. The molecule has 0 radical (unpaired) electrons. The minimum Gasteiger partial charge on any atom is -0.486 e. The molecule has 4 nitrogen and oxygen atoms in total. The number of hydrogen-bond donors (Lipinski definition) is 2. The molecule has 1 saturated carbocycles. The molecule has 2 heterocycles. The van der Waals surface area contributed by atoms with Gasteiger partial charge in [0.1, 0.15) is 12.7 Å². The molecule has 1 aromatic rings. The van der Waals surface area contributed by atoms with Crippen LogP contribution >= 0.6 is 0 Å².